The zero-order chi connectivity index (χ0) is 29.6. The quantitative estimate of drug-likeness (QED) is 0.465. The summed E-state index contributed by atoms with van der Waals surface area (Å²) in [6, 6.07) is 9.26. The molecule has 0 atom stereocenters. The summed E-state index contributed by atoms with van der Waals surface area (Å²) in [7, 11) is -3.97. The zero-order valence-electron chi connectivity index (χ0n) is 22.9. The molecule has 0 radical (unpaired) electrons. The highest BCUT2D eigenvalue weighted by atomic mass is 32.2. The van der Waals surface area contributed by atoms with E-state index in [2.05, 4.69) is 5.32 Å². The standard InChI is InChI=1S/C28H32N6O5S2/c1-20(35)33-18-11-23-24(19-33)40-27(25(23)28(37)32-14-3-2-4-15-32)31-26(36)21-7-9-22(10-8-21)41(38,39)34(16-5-12-29)17-6-13-30/h7-10H,2-6,11,14-19H2,1H3,(H,31,36). The minimum Gasteiger partial charge on any atom is -0.339 e. The normalized spacial score (nSPS) is 15.1. The summed E-state index contributed by atoms with van der Waals surface area (Å²) in [4.78, 5) is 43.3. The van der Waals surface area contributed by atoms with Crippen molar-refractivity contribution in [2.75, 3.05) is 38.0 Å². The molecule has 1 N–H and O–H groups in total. The summed E-state index contributed by atoms with van der Waals surface area (Å²) >= 11 is 1.30. The number of piperidine rings is 1. The summed E-state index contributed by atoms with van der Waals surface area (Å²) < 4.78 is 27.3. The first-order chi connectivity index (χ1) is 19.7. The molecule has 0 aliphatic carbocycles. The van der Waals surface area contributed by atoms with Crippen LogP contribution in [0.5, 0.6) is 0 Å². The second-order valence-electron chi connectivity index (χ2n) is 9.95. The van der Waals surface area contributed by atoms with Gasteiger partial charge in [-0.15, -0.1) is 11.3 Å². The van der Waals surface area contributed by atoms with Crippen molar-refractivity contribution in [3.63, 3.8) is 0 Å². The minimum atomic E-state index is -3.97. The van der Waals surface area contributed by atoms with Crippen LogP contribution in [-0.4, -0.2) is 73.0 Å². The Kier molecular flexibility index (Phi) is 9.76. The Hall–Kier alpha value is -3.78. The summed E-state index contributed by atoms with van der Waals surface area (Å²) in [6.07, 6.45) is 3.42. The molecule has 2 aliphatic rings. The molecule has 0 bridgehead atoms. The van der Waals surface area contributed by atoms with Crippen molar-refractivity contribution in [2.45, 2.75) is 56.9 Å². The predicted molar refractivity (Wildman–Crippen MR) is 152 cm³/mol. The van der Waals surface area contributed by atoms with Crippen LogP contribution in [0, 0.1) is 22.7 Å². The summed E-state index contributed by atoms with van der Waals surface area (Å²) in [5.74, 6) is -0.660. The number of benzene rings is 1. The first kappa shape index (κ1) is 30.2. The highest BCUT2D eigenvalue weighted by Gasteiger charge is 2.32. The fraction of sp³-hybridized carbons (Fsp3) is 0.464. The second-order valence-corrected chi connectivity index (χ2v) is 13.0. The average Bonchev–Trinajstić information content (AvgIpc) is 3.34. The molecular weight excluding hydrogens is 564 g/mol. The van der Waals surface area contributed by atoms with Crippen molar-refractivity contribution in [3.8, 4) is 12.1 Å². The summed E-state index contributed by atoms with van der Waals surface area (Å²) in [5.41, 5.74) is 1.56. The molecule has 2 aromatic rings. The Morgan fingerprint density at radius 2 is 1.61 bits per heavy atom. The number of thiophene rings is 1. The SMILES string of the molecule is CC(=O)N1CCc2c(sc(NC(=O)c3ccc(S(=O)(=O)N(CCC#N)CCC#N)cc3)c2C(=O)N2CCCCC2)C1. The maximum absolute atomic E-state index is 13.6. The summed E-state index contributed by atoms with van der Waals surface area (Å²) in [6.45, 7) is 3.63. The average molecular weight is 597 g/mol. The Labute approximate surface area is 244 Å². The van der Waals surface area contributed by atoms with E-state index in [9.17, 15) is 22.8 Å². The smallest absolute Gasteiger partial charge is 0.257 e. The number of sulfonamides is 1. The maximum atomic E-state index is 13.6. The van der Waals surface area contributed by atoms with Crippen LogP contribution in [-0.2, 0) is 27.8 Å². The Balaban J connectivity index is 1.59. The third-order valence-corrected chi connectivity index (χ3v) is 10.3. The first-order valence-electron chi connectivity index (χ1n) is 13.5. The Bertz CT molecular complexity index is 1480. The van der Waals surface area contributed by atoms with Gasteiger partial charge in [0.15, 0.2) is 0 Å². The second kappa shape index (κ2) is 13.3. The molecule has 3 heterocycles. The number of carbonyl (C=O) groups excluding carboxylic acids is 3. The van der Waals surface area contributed by atoms with Gasteiger partial charge in [0, 0.05) is 62.9 Å². The molecule has 13 heteroatoms. The van der Waals surface area contributed by atoms with E-state index in [1.54, 1.807) is 4.90 Å². The van der Waals surface area contributed by atoms with E-state index in [1.165, 1.54) is 42.5 Å². The molecule has 2 aliphatic heterocycles. The Morgan fingerprint density at radius 1 is 0.976 bits per heavy atom. The monoisotopic (exact) mass is 596 g/mol. The molecule has 1 aromatic heterocycles. The molecule has 41 heavy (non-hydrogen) atoms. The van der Waals surface area contributed by atoms with E-state index < -0.39 is 15.9 Å². The number of carbonyl (C=O) groups is 3. The van der Waals surface area contributed by atoms with Crippen LogP contribution in [0.15, 0.2) is 29.2 Å². The molecule has 0 saturated carbocycles. The van der Waals surface area contributed by atoms with Crippen molar-refractivity contribution in [1.82, 2.24) is 14.1 Å². The number of likely N-dealkylation sites (tertiary alicyclic amines) is 1. The van der Waals surface area contributed by atoms with Gasteiger partial charge in [-0.3, -0.25) is 14.4 Å². The number of hydrogen-bond donors (Lipinski definition) is 1. The number of fused-ring (bicyclic) bond motifs is 1. The van der Waals surface area contributed by atoms with Crippen LogP contribution in [0.2, 0.25) is 0 Å². The number of rotatable bonds is 9. The molecule has 11 nitrogen and oxygen atoms in total. The molecule has 0 unspecified atom stereocenters. The minimum absolute atomic E-state index is 0.0153. The van der Waals surface area contributed by atoms with E-state index in [-0.39, 0.29) is 48.2 Å². The number of nitriles is 2. The molecule has 4 rings (SSSR count). The van der Waals surface area contributed by atoms with Crippen molar-refractivity contribution in [2.24, 2.45) is 0 Å². The first-order valence-corrected chi connectivity index (χ1v) is 15.8. The van der Waals surface area contributed by atoms with Crippen LogP contribution in [0.1, 0.15) is 70.2 Å². The lowest BCUT2D eigenvalue weighted by atomic mass is 10.0. The third kappa shape index (κ3) is 6.76. The van der Waals surface area contributed by atoms with Crippen LogP contribution < -0.4 is 5.32 Å². The maximum Gasteiger partial charge on any atom is 0.257 e. The number of hydrogen-bond acceptors (Lipinski definition) is 8. The highest BCUT2D eigenvalue weighted by Crippen LogP contribution is 2.38. The van der Waals surface area contributed by atoms with E-state index in [4.69, 9.17) is 10.5 Å². The van der Waals surface area contributed by atoms with Crippen molar-refractivity contribution in [3.05, 3.63) is 45.8 Å². The van der Waals surface area contributed by atoms with Crippen LogP contribution in [0.4, 0.5) is 5.00 Å². The van der Waals surface area contributed by atoms with Gasteiger partial charge in [0.25, 0.3) is 11.8 Å². The highest BCUT2D eigenvalue weighted by molar-refractivity contribution is 7.89. The van der Waals surface area contributed by atoms with Gasteiger partial charge in [-0.05, 0) is 55.5 Å². The fourth-order valence-electron chi connectivity index (χ4n) is 5.05. The number of anilines is 1. The van der Waals surface area contributed by atoms with Crippen LogP contribution >= 0.6 is 11.3 Å². The lowest BCUT2D eigenvalue weighted by Crippen LogP contribution is -2.38. The van der Waals surface area contributed by atoms with Gasteiger partial charge in [0.2, 0.25) is 15.9 Å². The van der Waals surface area contributed by atoms with Gasteiger partial charge >= 0.3 is 0 Å². The molecule has 1 fully saturated rings. The number of nitrogens with zero attached hydrogens (tertiary/aromatic N) is 5. The zero-order valence-corrected chi connectivity index (χ0v) is 24.5. The molecule has 3 amide bonds. The van der Waals surface area contributed by atoms with Crippen LogP contribution in [0.25, 0.3) is 0 Å². The van der Waals surface area contributed by atoms with Crippen molar-refractivity contribution < 1.29 is 22.8 Å². The van der Waals surface area contributed by atoms with E-state index >= 15 is 0 Å². The molecule has 0 spiro atoms. The van der Waals surface area contributed by atoms with Crippen molar-refractivity contribution >= 4 is 44.1 Å². The van der Waals surface area contributed by atoms with E-state index in [0.717, 1.165) is 34.0 Å². The Morgan fingerprint density at radius 3 is 2.20 bits per heavy atom. The largest absolute Gasteiger partial charge is 0.339 e. The van der Waals surface area contributed by atoms with Crippen molar-refractivity contribution in [1.29, 1.82) is 10.5 Å². The third-order valence-electron chi connectivity index (χ3n) is 7.29. The van der Waals surface area contributed by atoms with E-state index in [0.29, 0.717) is 43.2 Å². The number of nitrogens with one attached hydrogen (secondary N) is 1. The topological polar surface area (TPSA) is 155 Å². The summed E-state index contributed by atoms with van der Waals surface area (Å²) in [5, 5.41) is 21.1. The molecule has 1 aromatic carbocycles. The molecular formula is C28H32N6O5S2. The predicted octanol–water partition coefficient (Wildman–Crippen LogP) is 3.35. The van der Waals surface area contributed by atoms with Gasteiger partial charge in [-0.2, -0.15) is 14.8 Å². The van der Waals surface area contributed by atoms with Gasteiger partial charge < -0.3 is 15.1 Å². The van der Waals surface area contributed by atoms with E-state index in [1.807, 2.05) is 17.0 Å². The van der Waals surface area contributed by atoms with Gasteiger partial charge in [0.05, 0.1) is 29.1 Å². The lowest BCUT2D eigenvalue weighted by molar-refractivity contribution is -0.129. The van der Waals surface area contributed by atoms with Gasteiger partial charge in [0.1, 0.15) is 5.00 Å². The van der Waals surface area contributed by atoms with Gasteiger partial charge in [-0.1, -0.05) is 0 Å². The fourth-order valence-corrected chi connectivity index (χ4v) is 7.74. The molecule has 216 valence electrons. The lowest BCUT2D eigenvalue weighted by Gasteiger charge is -2.29. The molecule has 1 saturated heterocycles. The van der Waals surface area contributed by atoms with Gasteiger partial charge in [-0.25, -0.2) is 8.42 Å². The van der Waals surface area contributed by atoms with Crippen LogP contribution in [0.3, 0.4) is 0 Å². The number of amides is 3.